The second-order valence-electron chi connectivity index (χ2n) is 7.84. The van der Waals surface area contributed by atoms with Gasteiger partial charge in [0.15, 0.2) is 0 Å². The summed E-state index contributed by atoms with van der Waals surface area (Å²) in [7, 11) is 1.81. The zero-order valence-corrected chi connectivity index (χ0v) is 17.8. The molecule has 6 nitrogen and oxygen atoms in total. The molecule has 2 aromatic carbocycles. The van der Waals surface area contributed by atoms with Crippen LogP contribution in [0.3, 0.4) is 0 Å². The highest BCUT2D eigenvalue weighted by atomic mass is 16.5. The van der Waals surface area contributed by atoms with Crippen LogP contribution in [0.2, 0.25) is 0 Å². The maximum Gasteiger partial charge on any atom is 0.329 e. The molecule has 0 aliphatic carbocycles. The SMILES string of the molecule is C=C1c2cc(C)ccc2N(C)C(=O)N1Cc1ccc(OCCN2CCOCC2)cc1. The van der Waals surface area contributed by atoms with Gasteiger partial charge in [0, 0.05) is 37.9 Å². The summed E-state index contributed by atoms with van der Waals surface area (Å²) in [5.41, 5.74) is 4.82. The number of rotatable bonds is 6. The third-order valence-corrected chi connectivity index (χ3v) is 5.71. The summed E-state index contributed by atoms with van der Waals surface area (Å²) in [4.78, 5) is 18.7. The van der Waals surface area contributed by atoms with Gasteiger partial charge < -0.3 is 9.47 Å². The number of carbonyl (C=O) groups is 1. The van der Waals surface area contributed by atoms with Gasteiger partial charge in [0.2, 0.25) is 0 Å². The Balaban J connectivity index is 1.38. The minimum absolute atomic E-state index is 0.0674. The summed E-state index contributed by atoms with van der Waals surface area (Å²) in [5.74, 6) is 0.842. The number of fused-ring (bicyclic) bond motifs is 1. The van der Waals surface area contributed by atoms with Gasteiger partial charge in [0.05, 0.1) is 25.4 Å². The normalized spacial score (nSPS) is 17.3. The molecule has 158 valence electrons. The summed E-state index contributed by atoms with van der Waals surface area (Å²) in [5, 5.41) is 0. The average Bonchev–Trinajstić information content (AvgIpc) is 2.77. The molecule has 2 aromatic rings. The molecule has 1 fully saturated rings. The van der Waals surface area contributed by atoms with Gasteiger partial charge in [-0.1, -0.05) is 30.3 Å². The van der Waals surface area contributed by atoms with E-state index in [1.807, 2.05) is 43.3 Å². The predicted molar refractivity (Wildman–Crippen MR) is 119 cm³/mol. The van der Waals surface area contributed by atoms with E-state index in [0.29, 0.717) is 13.2 Å². The van der Waals surface area contributed by atoms with E-state index in [-0.39, 0.29) is 6.03 Å². The lowest BCUT2D eigenvalue weighted by Crippen LogP contribution is -2.43. The Bertz CT molecular complexity index is 920. The molecule has 0 spiro atoms. The molecule has 2 aliphatic rings. The second kappa shape index (κ2) is 8.90. The van der Waals surface area contributed by atoms with E-state index in [1.165, 1.54) is 0 Å². The van der Waals surface area contributed by atoms with Crippen molar-refractivity contribution in [2.24, 2.45) is 0 Å². The van der Waals surface area contributed by atoms with Crippen LogP contribution in [0.25, 0.3) is 5.70 Å². The molecular weight excluding hydrogens is 378 g/mol. The molecule has 4 rings (SSSR count). The molecule has 2 aliphatic heterocycles. The first-order chi connectivity index (χ1) is 14.5. The van der Waals surface area contributed by atoms with Crippen LogP contribution >= 0.6 is 0 Å². The summed E-state index contributed by atoms with van der Waals surface area (Å²) < 4.78 is 11.3. The third kappa shape index (κ3) is 4.35. The largest absolute Gasteiger partial charge is 0.492 e. The number of hydrogen-bond donors (Lipinski definition) is 0. The first-order valence-electron chi connectivity index (χ1n) is 10.4. The van der Waals surface area contributed by atoms with Crippen LogP contribution in [0, 0.1) is 6.92 Å². The van der Waals surface area contributed by atoms with Gasteiger partial charge in [-0.25, -0.2) is 4.79 Å². The van der Waals surface area contributed by atoms with Crippen molar-refractivity contribution in [3.8, 4) is 5.75 Å². The van der Waals surface area contributed by atoms with Crippen molar-refractivity contribution < 1.29 is 14.3 Å². The highest BCUT2D eigenvalue weighted by molar-refractivity contribution is 6.03. The highest BCUT2D eigenvalue weighted by Crippen LogP contribution is 2.35. The molecule has 0 atom stereocenters. The van der Waals surface area contributed by atoms with E-state index in [1.54, 1.807) is 16.8 Å². The fraction of sp³-hybridized carbons (Fsp3) is 0.375. The third-order valence-electron chi connectivity index (χ3n) is 5.71. The minimum Gasteiger partial charge on any atom is -0.492 e. The highest BCUT2D eigenvalue weighted by Gasteiger charge is 2.30. The minimum atomic E-state index is -0.0674. The van der Waals surface area contributed by atoms with Crippen LogP contribution in [-0.4, -0.2) is 62.3 Å². The Kier molecular flexibility index (Phi) is 6.06. The fourth-order valence-corrected chi connectivity index (χ4v) is 3.87. The van der Waals surface area contributed by atoms with Crippen LogP contribution in [0.15, 0.2) is 49.0 Å². The van der Waals surface area contributed by atoms with Gasteiger partial charge in [-0.05, 0) is 36.8 Å². The molecular formula is C24H29N3O3. The van der Waals surface area contributed by atoms with Crippen molar-refractivity contribution in [2.75, 3.05) is 51.4 Å². The maximum absolute atomic E-state index is 12.9. The van der Waals surface area contributed by atoms with Gasteiger partial charge in [-0.3, -0.25) is 14.7 Å². The van der Waals surface area contributed by atoms with Crippen molar-refractivity contribution in [3.05, 3.63) is 65.7 Å². The van der Waals surface area contributed by atoms with Crippen LogP contribution in [0.5, 0.6) is 5.75 Å². The molecule has 1 saturated heterocycles. The van der Waals surface area contributed by atoms with Gasteiger partial charge in [0.1, 0.15) is 12.4 Å². The summed E-state index contributed by atoms with van der Waals surface area (Å²) >= 11 is 0. The number of aryl methyl sites for hydroxylation is 1. The van der Waals surface area contributed by atoms with Crippen molar-refractivity contribution in [3.63, 3.8) is 0 Å². The number of amides is 2. The standard InChI is InChI=1S/C24H29N3O3/c1-18-4-9-23-22(16-18)19(2)27(24(28)25(23)3)17-20-5-7-21(8-6-20)30-15-12-26-10-13-29-14-11-26/h4-9,16H,2,10-15,17H2,1,3H3. The summed E-state index contributed by atoms with van der Waals surface area (Å²) in [6.07, 6.45) is 0. The van der Waals surface area contributed by atoms with Crippen molar-refractivity contribution in [2.45, 2.75) is 13.5 Å². The Morgan fingerprint density at radius 3 is 2.57 bits per heavy atom. The molecule has 0 aromatic heterocycles. The summed E-state index contributed by atoms with van der Waals surface area (Å²) in [6.45, 7) is 11.8. The Labute approximate surface area is 178 Å². The van der Waals surface area contributed by atoms with Gasteiger partial charge >= 0.3 is 6.03 Å². The topological polar surface area (TPSA) is 45.2 Å². The number of urea groups is 1. The van der Waals surface area contributed by atoms with E-state index < -0.39 is 0 Å². The van der Waals surface area contributed by atoms with Crippen LogP contribution in [0.4, 0.5) is 10.5 Å². The number of ether oxygens (including phenoxy) is 2. The first kappa shape index (κ1) is 20.4. The quantitative estimate of drug-likeness (QED) is 0.732. The van der Waals surface area contributed by atoms with E-state index in [4.69, 9.17) is 9.47 Å². The number of anilines is 1. The summed E-state index contributed by atoms with van der Waals surface area (Å²) in [6, 6.07) is 14.0. The molecule has 0 bridgehead atoms. The fourth-order valence-electron chi connectivity index (χ4n) is 3.87. The van der Waals surface area contributed by atoms with Crippen molar-refractivity contribution in [1.29, 1.82) is 0 Å². The maximum atomic E-state index is 12.9. The van der Waals surface area contributed by atoms with E-state index in [2.05, 4.69) is 17.5 Å². The van der Waals surface area contributed by atoms with Crippen molar-refractivity contribution in [1.82, 2.24) is 9.80 Å². The molecule has 2 heterocycles. The smallest absolute Gasteiger partial charge is 0.329 e. The first-order valence-corrected chi connectivity index (χ1v) is 10.4. The van der Waals surface area contributed by atoms with Gasteiger partial charge in [-0.2, -0.15) is 0 Å². The zero-order chi connectivity index (χ0) is 21.1. The van der Waals surface area contributed by atoms with Crippen molar-refractivity contribution >= 4 is 17.4 Å². The van der Waals surface area contributed by atoms with Crippen LogP contribution < -0.4 is 9.64 Å². The van der Waals surface area contributed by atoms with Crippen LogP contribution in [0.1, 0.15) is 16.7 Å². The number of benzene rings is 2. The molecule has 0 N–H and O–H groups in total. The van der Waals surface area contributed by atoms with Gasteiger partial charge in [-0.15, -0.1) is 0 Å². The number of morpholine rings is 1. The Morgan fingerprint density at radius 1 is 1.10 bits per heavy atom. The Morgan fingerprint density at radius 2 is 1.83 bits per heavy atom. The predicted octanol–water partition coefficient (Wildman–Crippen LogP) is 3.75. The molecule has 0 radical (unpaired) electrons. The molecule has 6 heteroatoms. The second-order valence-corrected chi connectivity index (χ2v) is 7.84. The number of nitrogens with zero attached hydrogens (tertiary/aromatic N) is 3. The lowest BCUT2D eigenvalue weighted by Gasteiger charge is -2.36. The number of carbonyl (C=O) groups excluding carboxylic acids is 1. The molecule has 0 unspecified atom stereocenters. The lowest BCUT2D eigenvalue weighted by molar-refractivity contribution is 0.0322. The van der Waals surface area contributed by atoms with Crippen LogP contribution in [-0.2, 0) is 11.3 Å². The van der Waals surface area contributed by atoms with E-state index in [0.717, 1.165) is 66.7 Å². The molecule has 2 amide bonds. The van der Waals surface area contributed by atoms with Gasteiger partial charge in [0.25, 0.3) is 0 Å². The average molecular weight is 408 g/mol. The molecule has 30 heavy (non-hydrogen) atoms. The number of hydrogen-bond acceptors (Lipinski definition) is 4. The molecule has 0 saturated carbocycles. The lowest BCUT2D eigenvalue weighted by atomic mass is 10.0. The monoisotopic (exact) mass is 407 g/mol. The van der Waals surface area contributed by atoms with E-state index in [9.17, 15) is 4.79 Å². The van der Waals surface area contributed by atoms with E-state index >= 15 is 0 Å². The zero-order valence-electron chi connectivity index (χ0n) is 17.8. The Hall–Kier alpha value is -2.83.